The minimum atomic E-state index is -0.324. The lowest BCUT2D eigenvalue weighted by atomic mass is 10.1. The Bertz CT molecular complexity index is 1080. The van der Waals surface area contributed by atoms with Gasteiger partial charge in [0.2, 0.25) is 0 Å². The molecule has 0 atom stereocenters. The van der Waals surface area contributed by atoms with E-state index in [1.54, 1.807) is 22.7 Å². The molecule has 7 heteroatoms. The van der Waals surface area contributed by atoms with Crippen molar-refractivity contribution in [2.24, 2.45) is 0 Å². The zero-order valence-corrected chi connectivity index (χ0v) is 14.3. The lowest BCUT2D eigenvalue weighted by Gasteiger charge is -2.10. The van der Waals surface area contributed by atoms with Gasteiger partial charge in [0.25, 0.3) is 0 Å². The lowest BCUT2D eigenvalue weighted by molar-refractivity contribution is 0.628. The zero-order chi connectivity index (χ0) is 17.4. The van der Waals surface area contributed by atoms with Crippen LogP contribution in [-0.4, -0.2) is 26.4 Å². The summed E-state index contributed by atoms with van der Waals surface area (Å²) in [6.07, 6.45) is 0.961. The Balaban J connectivity index is 2.01. The molecule has 25 heavy (non-hydrogen) atoms. The molecular weight excluding hydrogens is 341 g/mol. The number of hydrogen-bond donors (Lipinski definition) is 1. The Kier molecular flexibility index (Phi) is 3.97. The van der Waals surface area contributed by atoms with Crippen molar-refractivity contribution in [3.8, 4) is 11.3 Å². The zero-order valence-electron chi connectivity index (χ0n) is 13.5. The van der Waals surface area contributed by atoms with Crippen LogP contribution in [0.2, 0.25) is 5.02 Å². The average Bonchev–Trinajstić information content (AvgIpc) is 3.03. The van der Waals surface area contributed by atoms with E-state index in [1.807, 2.05) is 12.1 Å². The highest BCUT2D eigenvalue weighted by Crippen LogP contribution is 2.29. The SMILES string of the molecule is CCCNc1nc2c(-c3cccc(F)c3)nnn2c2ccc(Cl)cc12. The molecule has 0 saturated carbocycles. The third-order valence-electron chi connectivity index (χ3n) is 3.95. The van der Waals surface area contributed by atoms with E-state index in [4.69, 9.17) is 16.6 Å². The Morgan fingerprint density at radius 3 is 2.88 bits per heavy atom. The van der Waals surface area contributed by atoms with Gasteiger partial charge in [0.1, 0.15) is 17.3 Å². The maximum atomic E-state index is 13.6. The summed E-state index contributed by atoms with van der Waals surface area (Å²) >= 11 is 6.15. The molecule has 1 N–H and O–H groups in total. The van der Waals surface area contributed by atoms with E-state index in [0.29, 0.717) is 27.7 Å². The van der Waals surface area contributed by atoms with Crippen LogP contribution in [-0.2, 0) is 0 Å². The molecule has 0 aliphatic carbocycles. The number of hydrogen-bond acceptors (Lipinski definition) is 4. The van der Waals surface area contributed by atoms with Gasteiger partial charge in [-0.3, -0.25) is 0 Å². The fraction of sp³-hybridized carbons (Fsp3) is 0.167. The predicted molar refractivity (Wildman–Crippen MR) is 97.5 cm³/mol. The van der Waals surface area contributed by atoms with Crippen molar-refractivity contribution in [1.82, 2.24) is 19.8 Å². The summed E-state index contributed by atoms with van der Waals surface area (Å²) in [6, 6.07) is 11.8. The molecule has 0 spiro atoms. The van der Waals surface area contributed by atoms with Crippen LogP contribution in [0.3, 0.4) is 0 Å². The quantitative estimate of drug-likeness (QED) is 0.583. The summed E-state index contributed by atoms with van der Waals surface area (Å²) in [4.78, 5) is 4.69. The number of halogens is 2. The summed E-state index contributed by atoms with van der Waals surface area (Å²) < 4.78 is 15.3. The van der Waals surface area contributed by atoms with Crippen LogP contribution in [0.15, 0.2) is 42.5 Å². The third-order valence-corrected chi connectivity index (χ3v) is 4.18. The molecular formula is C18H15ClFN5. The van der Waals surface area contributed by atoms with Crippen molar-refractivity contribution in [1.29, 1.82) is 0 Å². The highest BCUT2D eigenvalue weighted by molar-refractivity contribution is 6.31. The maximum absolute atomic E-state index is 13.6. The van der Waals surface area contributed by atoms with Gasteiger partial charge >= 0.3 is 0 Å². The van der Waals surface area contributed by atoms with E-state index in [0.717, 1.165) is 23.9 Å². The van der Waals surface area contributed by atoms with E-state index in [9.17, 15) is 4.39 Å². The molecule has 0 bridgehead atoms. The molecule has 0 amide bonds. The summed E-state index contributed by atoms with van der Waals surface area (Å²) in [5.74, 6) is 0.391. The van der Waals surface area contributed by atoms with Gasteiger partial charge in [-0.15, -0.1) is 5.10 Å². The molecule has 4 rings (SSSR count). The van der Waals surface area contributed by atoms with Gasteiger partial charge in [0.15, 0.2) is 5.65 Å². The van der Waals surface area contributed by atoms with Gasteiger partial charge in [-0.1, -0.05) is 35.9 Å². The van der Waals surface area contributed by atoms with Crippen LogP contribution >= 0.6 is 11.6 Å². The van der Waals surface area contributed by atoms with E-state index >= 15 is 0 Å². The number of fused-ring (bicyclic) bond motifs is 3. The first kappa shape index (κ1) is 15.8. The second-order valence-electron chi connectivity index (χ2n) is 5.73. The Morgan fingerprint density at radius 2 is 2.08 bits per heavy atom. The van der Waals surface area contributed by atoms with Gasteiger partial charge in [-0.25, -0.2) is 9.37 Å². The third kappa shape index (κ3) is 2.78. The van der Waals surface area contributed by atoms with Crippen LogP contribution in [0.5, 0.6) is 0 Å². The van der Waals surface area contributed by atoms with Gasteiger partial charge < -0.3 is 5.32 Å². The van der Waals surface area contributed by atoms with Crippen molar-refractivity contribution in [3.05, 3.63) is 53.3 Å². The van der Waals surface area contributed by atoms with Gasteiger partial charge in [-0.2, -0.15) is 4.52 Å². The smallest absolute Gasteiger partial charge is 0.186 e. The number of benzene rings is 2. The molecule has 0 radical (unpaired) electrons. The normalized spacial score (nSPS) is 11.3. The molecule has 0 saturated heterocycles. The largest absolute Gasteiger partial charge is 0.369 e. The number of nitrogens with one attached hydrogen (secondary N) is 1. The van der Waals surface area contributed by atoms with Crippen LogP contribution < -0.4 is 5.32 Å². The first-order valence-corrected chi connectivity index (χ1v) is 8.39. The number of nitrogens with zero attached hydrogens (tertiary/aromatic N) is 4. The molecule has 2 aromatic heterocycles. The molecule has 4 aromatic rings. The summed E-state index contributed by atoms with van der Waals surface area (Å²) in [5.41, 5.74) is 2.58. The molecule has 2 heterocycles. The van der Waals surface area contributed by atoms with E-state index in [2.05, 4.69) is 22.6 Å². The lowest BCUT2D eigenvalue weighted by Crippen LogP contribution is -2.05. The number of rotatable bonds is 4. The van der Waals surface area contributed by atoms with Gasteiger partial charge in [0.05, 0.1) is 5.52 Å². The monoisotopic (exact) mass is 355 g/mol. The molecule has 0 unspecified atom stereocenters. The van der Waals surface area contributed by atoms with Crippen LogP contribution in [0.4, 0.5) is 10.2 Å². The fourth-order valence-electron chi connectivity index (χ4n) is 2.79. The van der Waals surface area contributed by atoms with Crippen LogP contribution in [0, 0.1) is 5.82 Å². The molecule has 2 aromatic carbocycles. The number of aromatic nitrogens is 4. The summed E-state index contributed by atoms with van der Waals surface area (Å²) in [5, 5.41) is 13.3. The molecule has 126 valence electrons. The topological polar surface area (TPSA) is 55.1 Å². The van der Waals surface area contributed by atoms with Crippen molar-refractivity contribution in [3.63, 3.8) is 0 Å². The highest BCUT2D eigenvalue weighted by Gasteiger charge is 2.16. The van der Waals surface area contributed by atoms with E-state index < -0.39 is 0 Å². The van der Waals surface area contributed by atoms with E-state index in [-0.39, 0.29) is 5.82 Å². The van der Waals surface area contributed by atoms with Crippen LogP contribution in [0.1, 0.15) is 13.3 Å². The Hall–Kier alpha value is -2.73. The van der Waals surface area contributed by atoms with E-state index in [1.165, 1.54) is 12.1 Å². The predicted octanol–water partition coefficient (Wildman–Crippen LogP) is 4.56. The first-order chi connectivity index (χ1) is 12.2. The second kappa shape index (κ2) is 6.29. The highest BCUT2D eigenvalue weighted by atomic mass is 35.5. The van der Waals surface area contributed by atoms with Crippen molar-refractivity contribution in [2.45, 2.75) is 13.3 Å². The van der Waals surface area contributed by atoms with Gasteiger partial charge in [0, 0.05) is 22.5 Å². The summed E-state index contributed by atoms with van der Waals surface area (Å²) in [7, 11) is 0. The van der Waals surface area contributed by atoms with Gasteiger partial charge in [-0.05, 0) is 36.8 Å². The number of anilines is 1. The first-order valence-electron chi connectivity index (χ1n) is 8.02. The molecule has 0 aliphatic heterocycles. The second-order valence-corrected chi connectivity index (χ2v) is 6.17. The van der Waals surface area contributed by atoms with Crippen molar-refractivity contribution >= 4 is 34.0 Å². The fourth-order valence-corrected chi connectivity index (χ4v) is 2.96. The Morgan fingerprint density at radius 1 is 1.20 bits per heavy atom. The van der Waals surface area contributed by atoms with Crippen LogP contribution in [0.25, 0.3) is 27.8 Å². The Labute approximate surface area is 148 Å². The minimum Gasteiger partial charge on any atom is -0.369 e. The summed E-state index contributed by atoms with van der Waals surface area (Å²) in [6.45, 7) is 2.86. The molecule has 5 nitrogen and oxygen atoms in total. The minimum absolute atomic E-state index is 0.324. The molecule has 0 aliphatic rings. The maximum Gasteiger partial charge on any atom is 0.186 e. The van der Waals surface area contributed by atoms with Crippen molar-refractivity contribution < 1.29 is 4.39 Å². The van der Waals surface area contributed by atoms with Crippen molar-refractivity contribution in [2.75, 3.05) is 11.9 Å². The molecule has 0 fully saturated rings. The average molecular weight is 356 g/mol. The standard InChI is InChI=1S/C18H15ClFN5/c1-2-8-21-17-14-10-12(19)6-7-15(14)25-18(22-17)16(23-24-25)11-4-3-5-13(20)9-11/h3-7,9-10H,2,8H2,1H3,(H,21,22).